The molecule has 1 saturated heterocycles. The molecule has 0 N–H and O–H groups in total. The molecule has 1 aliphatic heterocycles. The maximum Gasteiger partial charge on any atom is 0.253 e. The van der Waals surface area contributed by atoms with Crippen LogP contribution in [0.15, 0.2) is 0 Å². The maximum absolute atomic E-state index is 13.9. The van der Waals surface area contributed by atoms with Crippen molar-refractivity contribution in [2.75, 3.05) is 13.1 Å². The van der Waals surface area contributed by atoms with Crippen LogP contribution in [-0.2, 0) is 0 Å². The summed E-state index contributed by atoms with van der Waals surface area (Å²) in [6, 6.07) is 0. The van der Waals surface area contributed by atoms with Gasteiger partial charge in [0.25, 0.3) is 5.92 Å². The molecule has 0 aromatic heterocycles. The molecule has 0 radical (unpaired) electrons. The Bertz CT molecular complexity index is 299. The van der Waals surface area contributed by atoms with Gasteiger partial charge in [-0.15, -0.1) is 0 Å². The zero-order valence-corrected chi connectivity index (χ0v) is 11.2. The number of nitrogens with zero attached hydrogens (tertiary/aromatic N) is 1. The number of likely N-dealkylation sites (tertiary alicyclic amines) is 1. The summed E-state index contributed by atoms with van der Waals surface area (Å²) in [7, 11) is 0. The van der Waals surface area contributed by atoms with Crippen molar-refractivity contribution in [3.8, 4) is 0 Å². The molecule has 0 aromatic rings. The second-order valence-electron chi connectivity index (χ2n) is 7.19. The van der Waals surface area contributed by atoms with Crippen molar-refractivity contribution in [3.63, 3.8) is 0 Å². The Morgan fingerprint density at radius 3 is 1.94 bits per heavy atom. The lowest BCUT2D eigenvalue weighted by atomic mass is 9.88. The largest absolute Gasteiger partial charge is 0.297 e. The topological polar surface area (TPSA) is 3.24 Å². The third-order valence-electron chi connectivity index (χ3n) is 5.11. The van der Waals surface area contributed by atoms with Crippen molar-refractivity contribution in [1.82, 2.24) is 4.90 Å². The van der Waals surface area contributed by atoms with Gasteiger partial charge in [-0.1, -0.05) is 13.8 Å². The van der Waals surface area contributed by atoms with E-state index < -0.39 is 11.3 Å². The van der Waals surface area contributed by atoms with Gasteiger partial charge in [0.1, 0.15) is 0 Å². The van der Waals surface area contributed by atoms with E-state index in [1.807, 2.05) is 13.8 Å². The van der Waals surface area contributed by atoms with Gasteiger partial charge in [0.05, 0.1) is 5.41 Å². The van der Waals surface area contributed by atoms with E-state index in [9.17, 15) is 8.78 Å². The Morgan fingerprint density at radius 2 is 1.62 bits per heavy atom. The van der Waals surface area contributed by atoms with E-state index in [1.165, 1.54) is 0 Å². The first-order valence-corrected chi connectivity index (χ1v) is 6.07. The van der Waals surface area contributed by atoms with Crippen LogP contribution in [0, 0.1) is 16.7 Å². The molecule has 3 heteroatoms. The summed E-state index contributed by atoms with van der Waals surface area (Å²) < 4.78 is 27.8. The molecule has 2 unspecified atom stereocenters. The number of piperidine rings is 1. The molecular weight excluding hydrogens is 208 g/mol. The van der Waals surface area contributed by atoms with Crippen LogP contribution in [-0.4, -0.2) is 29.5 Å². The fraction of sp³-hybridized carbons (Fsp3) is 1.00. The Hall–Kier alpha value is -0.180. The van der Waals surface area contributed by atoms with Crippen molar-refractivity contribution in [2.45, 2.75) is 53.0 Å². The average Bonchev–Trinajstić information content (AvgIpc) is 2.41. The van der Waals surface area contributed by atoms with E-state index in [2.05, 4.69) is 25.7 Å². The molecule has 16 heavy (non-hydrogen) atoms. The number of hydrogen-bond donors (Lipinski definition) is 0. The summed E-state index contributed by atoms with van der Waals surface area (Å²) in [6.45, 7) is 12.8. The lowest BCUT2D eigenvalue weighted by molar-refractivity contribution is -0.0792. The highest BCUT2D eigenvalue weighted by Crippen LogP contribution is 2.77. The Kier molecular flexibility index (Phi) is 2.15. The van der Waals surface area contributed by atoms with Gasteiger partial charge in [-0.25, -0.2) is 8.78 Å². The van der Waals surface area contributed by atoms with Crippen molar-refractivity contribution < 1.29 is 8.78 Å². The lowest BCUT2D eigenvalue weighted by Crippen LogP contribution is -2.46. The van der Waals surface area contributed by atoms with Gasteiger partial charge < -0.3 is 0 Å². The Labute approximate surface area is 97.2 Å². The summed E-state index contributed by atoms with van der Waals surface area (Å²) in [5.74, 6) is -2.42. The Balaban J connectivity index is 2.27. The second kappa shape index (κ2) is 2.80. The average molecular weight is 231 g/mol. The first-order chi connectivity index (χ1) is 6.94. The molecule has 0 aromatic carbocycles. The van der Waals surface area contributed by atoms with Gasteiger partial charge in [-0.3, -0.25) is 4.90 Å². The number of fused-ring (bicyclic) bond motifs is 1. The van der Waals surface area contributed by atoms with Crippen molar-refractivity contribution in [1.29, 1.82) is 0 Å². The van der Waals surface area contributed by atoms with Crippen LogP contribution in [0.5, 0.6) is 0 Å². The van der Waals surface area contributed by atoms with Crippen molar-refractivity contribution in [3.05, 3.63) is 0 Å². The van der Waals surface area contributed by atoms with Crippen LogP contribution >= 0.6 is 0 Å². The number of alkyl halides is 2. The molecule has 1 nitrogen and oxygen atoms in total. The molecule has 2 atom stereocenters. The molecular formula is C13H23F2N. The molecule has 2 aliphatic rings. The highest BCUT2D eigenvalue weighted by atomic mass is 19.3. The minimum Gasteiger partial charge on any atom is -0.297 e. The van der Waals surface area contributed by atoms with E-state index in [4.69, 9.17) is 0 Å². The molecule has 1 aliphatic carbocycles. The van der Waals surface area contributed by atoms with Crippen molar-refractivity contribution >= 4 is 0 Å². The monoisotopic (exact) mass is 231 g/mol. The molecule has 2 fully saturated rings. The van der Waals surface area contributed by atoms with Crippen LogP contribution in [0.25, 0.3) is 0 Å². The molecule has 0 bridgehead atoms. The van der Waals surface area contributed by atoms with Gasteiger partial charge in [0, 0.05) is 18.6 Å². The predicted molar refractivity (Wildman–Crippen MR) is 61.7 cm³/mol. The minimum atomic E-state index is -2.57. The van der Waals surface area contributed by atoms with Crippen molar-refractivity contribution in [2.24, 2.45) is 16.7 Å². The van der Waals surface area contributed by atoms with Crippen LogP contribution < -0.4 is 0 Å². The molecule has 2 rings (SSSR count). The van der Waals surface area contributed by atoms with Gasteiger partial charge in [0.2, 0.25) is 0 Å². The summed E-state index contributed by atoms with van der Waals surface area (Å²) in [5.41, 5.74) is -0.984. The molecule has 0 amide bonds. The van der Waals surface area contributed by atoms with E-state index in [-0.39, 0.29) is 16.9 Å². The fourth-order valence-electron chi connectivity index (χ4n) is 3.77. The maximum atomic E-state index is 13.9. The van der Waals surface area contributed by atoms with Crippen LogP contribution in [0.2, 0.25) is 0 Å². The van der Waals surface area contributed by atoms with Gasteiger partial charge in [-0.05, 0) is 39.0 Å². The third kappa shape index (κ3) is 1.24. The second-order valence-corrected chi connectivity index (χ2v) is 7.19. The highest BCUT2D eigenvalue weighted by Gasteiger charge is 2.82. The zero-order chi connectivity index (χ0) is 12.6. The summed E-state index contributed by atoms with van der Waals surface area (Å²) in [5, 5.41) is 0. The minimum absolute atomic E-state index is 0.00174. The number of rotatable bonds is 1. The molecule has 1 saturated carbocycles. The first-order valence-electron chi connectivity index (χ1n) is 6.07. The first kappa shape index (κ1) is 12.3. The SMILES string of the molecule is CC(C)(C)N1CC2C(C)(C)C2(C(C)(F)F)C1. The predicted octanol–water partition coefficient (Wildman–Crippen LogP) is 3.40. The zero-order valence-electron chi connectivity index (χ0n) is 11.2. The van der Waals surface area contributed by atoms with Gasteiger partial charge in [0.15, 0.2) is 0 Å². The van der Waals surface area contributed by atoms with Gasteiger partial charge >= 0.3 is 0 Å². The standard InChI is InChI=1S/C13H23F2N/c1-10(2,3)16-7-9-11(4,5)13(9,8-16)12(6,14)15/h9H,7-8H2,1-6H3. The third-order valence-corrected chi connectivity index (χ3v) is 5.11. The summed E-state index contributed by atoms with van der Waals surface area (Å²) in [6.07, 6.45) is 0. The Morgan fingerprint density at radius 1 is 1.12 bits per heavy atom. The normalized spacial score (nSPS) is 38.6. The highest BCUT2D eigenvalue weighted by molar-refractivity contribution is 5.27. The molecule has 1 heterocycles. The number of hydrogen-bond acceptors (Lipinski definition) is 1. The van der Waals surface area contributed by atoms with E-state index >= 15 is 0 Å². The van der Waals surface area contributed by atoms with E-state index in [0.717, 1.165) is 13.5 Å². The van der Waals surface area contributed by atoms with Crippen LogP contribution in [0.4, 0.5) is 8.78 Å². The quantitative estimate of drug-likeness (QED) is 0.668. The smallest absolute Gasteiger partial charge is 0.253 e. The fourth-order valence-corrected chi connectivity index (χ4v) is 3.77. The van der Waals surface area contributed by atoms with Crippen LogP contribution in [0.3, 0.4) is 0 Å². The summed E-state index contributed by atoms with van der Waals surface area (Å²) in [4.78, 5) is 2.21. The summed E-state index contributed by atoms with van der Waals surface area (Å²) >= 11 is 0. The van der Waals surface area contributed by atoms with E-state index in [1.54, 1.807) is 0 Å². The number of halogens is 2. The molecule has 0 spiro atoms. The molecule has 94 valence electrons. The van der Waals surface area contributed by atoms with Gasteiger partial charge in [-0.2, -0.15) is 0 Å². The van der Waals surface area contributed by atoms with E-state index in [0.29, 0.717) is 6.54 Å². The van der Waals surface area contributed by atoms with Crippen LogP contribution in [0.1, 0.15) is 41.5 Å². The lowest BCUT2D eigenvalue weighted by Gasteiger charge is -2.38.